The van der Waals surface area contributed by atoms with Gasteiger partial charge in [0.15, 0.2) is 0 Å². The van der Waals surface area contributed by atoms with E-state index in [1.807, 2.05) is 30.3 Å². The molecule has 0 radical (unpaired) electrons. The van der Waals surface area contributed by atoms with Crippen molar-refractivity contribution in [2.45, 2.75) is 25.3 Å². The van der Waals surface area contributed by atoms with E-state index in [9.17, 15) is 9.59 Å². The van der Waals surface area contributed by atoms with E-state index >= 15 is 0 Å². The summed E-state index contributed by atoms with van der Waals surface area (Å²) < 4.78 is 0. The molecule has 0 spiro atoms. The van der Waals surface area contributed by atoms with Gasteiger partial charge in [0.2, 0.25) is 0 Å². The molecule has 5 heteroatoms. The minimum absolute atomic E-state index is 0.201. The van der Waals surface area contributed by atoms with Crippen molar-refractivity contribution in [3.05, 3.63) is 48.6 Å². The van der Waals surface area contributed by atoms with Crippen LogP contribution in [0.4, 0.5) is 4.79 Å². The first kappa shape index (κ1) is 15.8. The summed E-state index contributed by atoms with van der Waals surface area (Å²) >= 11 is 0. The smallest absolute Gasteiger partial charge is 0.326 e. The van der Waals surface area contributed by atoms with Gasteiger partial charge in [0.25, 0.3) is 0 Å². The molecule has 0 aliphatic heterocycles. The first-order valence-corrected chi connectivity index (χ1v) is 6.55. The zero-order chi connectivity index (χ0) is 14.8. The van der Waals surface area contributed by atoms with E-state index in [1.54, 1.807) is 0 Å². The molecule has 2 amide bonds. The number of carboxylic acid groups (broad SMARTS) is 1. The molecular weight excluding hydrogens is 256 g/mol. The van der Waals surface area contributed by atoms with Gasteiger partial charge in [0.05, 0.1) is 0 Å². The van der Waals surface area contributed by atoms with Crippen molar-refractivity contribution in [1.29, 1.82) is 0 Å². The zero-order valence-corrected chi connectivity index (χ0v) is 11.3. The number of carboxylic acids is 1. The fraction of sp³-hybridized carbons (Fsp3) is 0.333. The molecule has 0 saturated carbocycles. The van der Waals surface area contributed by atoms with E-state index in [0.717, 1.165) is 12.8 Å². The van der Waals surface area contributed by atoms with Crippen LogP contribution < -0.4 is 10.6 Å². The van der Waals surface area contributed by atoms with Crippen molar-refractivity contribution >= 4 is 12.0 Å². The first-order chi connectivity index (χ1) is 9.63. The van der Waals surface area contributed by atoms with Crippen LogP contribution in [0.25, 0.3) is 0 Å². The standard InChI is InChI=1S/C15H20N2O3/c1-2-7-13(14(18)19)17-15(20)16-11-6-10-12-8-4-3-5-9-12/h2-5,8-9,13H,1,6-7,10-11H2,(H,18,19)(H2,16,17,20). The Morgan fingerprint density at radius 1 is 1.30 bits per heavy atom. The Morgan fingerprint density at radius 3 is 2.60 bits per heavy atom. The van der Waals surface area contributed by atoms with E-state index in [0.29, 0.717) is 6.54 Å². The van der Waals surface area contributed by atoms with Gasteiger partial charge >= 0.3 is 12.0 Å². The Balaban J connectivity index is 2.22. The lowest BCUT2D eigenvalue weighted by Crippen LogP contribution is -2.46. The number of urea groups is 1. The second-order valence-corrected chi connectivity index (χ2v) is 4.40. The van der Waals surface area contributed by atoms with Gasteiger partial charge in [-0.1, -0.05) is 36.4 Å². The van der Waals surface area contributed by atoms with Crippen LogP contribution in [0.3, 0.4) is 0 Å². The predicted molar refractivity (Wildman–Crippen MR) is 77.5 cm³/mol. The number of aliphatic carboxylic acids is 1. The SMILES string of the molecule is C=CCC(NC(=O)NCCCc1ccccc1)C(=O)O. The summed E-state index contributed by atoms with van der Waals surface area (Å²) in [5.41, 5.74) is 1.21. The van der Waals surface area contributed by atoms with Crippen molar-refractivity contribution in [3.8, 4) is 0 Å². The Morgan fingerprint density at radius 2 is 2.00 bits per heavy atom. The molecule has 0 saturated heterocycles. The predicted octanol–water partition coefficient (Wildman–Crippen LogP) is 1.95. The number of aryl methyl sites for hydroxylation is 1. The van der Waals surface area contributed by atoms with Gasteiger partial charge in [-0.3, -0.25) is 0 Å². The lowest BCUT2D eigenvalue weighted by Gasteiger charge is -2.13. The number of benzene rings is 1. The normalized spacial score (nSPS) is 11.4. The minimum Gasteiger partial charge on any atom is -0.480 e. The first-order valence-electron chi connectivity index (χ1n) is 6.55. The number of nitrogens with one attached hydrogen (secondary N) is 2. The molecule has 0 aliphatic carbocycles. The van der Waals surface area contributed by atoms with E-state index in [-0.39, 0.29) is 6.42 Å². The molecule has 1 unspecified atom stereocenters. The lowest BCUT2D eigenvalue weighted by molar-refractivity contribution is -0.139. The Labute approximate surface area is 118 Å². The molecule has 20 heavy (non-hydrogen) atoms. The Bertz CT molecular complexity index is 446. The minimum atomic E-state index is -1.07. The maximum atomic E-state index is 11.5. The molecule has 108 valence electrons. The van der Waals surface area contributed by atoms with Gasteiger partial charge in [0, 0.05) is 6.54 Å². The molecule has 1 atom stereocenters. The van der Waals surface area contributed by atoms with Crippen LogP contribution in [0.15, 0.2) is 43.0 Å². The number of amides is 2. The summed E-state index contributed by atoms with van der Waals surface area (Å²) in [4.78, 5) is 22.4. The second-order valence-electron chi connectivity index (χ2n) is 4.40. The van der Waals surface area contributed by atoms with Crippen LogP contribution in [-0.2, 0) is 11.2 Å². The van der Waals surface area contributed by atoms with Gasteiger partial charge in [-0.2, -0.15) is 0 Å². The highest BCUT2D eigenvalue weighted by Crippen LogP contribution is 2.01. The highest BCUT2D eigenvalue weighted by molar-refractivity contribution is 5.82. The third-order valence-electron chi connectivity index (χ3n) is 2.78. The molecule has 0 bridgehead atoms. The molecule has 1 rings (SSSR count). The van der Waals surface area contributed by atoms with Crippen LogP contribution in [-0.4, -0.2) is 29.7 Å². The number of hydrogen-bond acceptors (Lipinski definition) is 2. The molecule has 3 N–H and O–H groups in total. The summed E-state index contributed by atoms with van der Waals surface area (Å²) in [5, 5.41) is 13.9. The van der Waals surface area contributed by atoms with Crippen molar-refractivity contribution < 1.29 is 14.7 Å². The maximum absolute atomic E-state index is 11.5. The average molecular weight is 276 g/mol. The molecule has 0 fully saturated rings. The highest BCUT2D eigenvalue weighted by atomic mass is 16.4. The molecule has 0 aromatic heterocycles. The number of hydrogen-bond donors (Lipinski definition) is 3. The van der Waals surface area contributed by atoms with E-state index in [2.05, 4.69) is 17.2 Å². The summed E-state index contributed by atoms with van der Waals surface area (Å²) in [7, 11) is 0. The number of carbonyl (C=O) groups is 2. The molecule has 1 aromatic carbocycles. The third kappa shape index (κ3) is 6.04. The zero-order valence-electron chi connectivity index (χ0n) is 11.3. The van der Waals surface area contributed by atoms with Gasteiger partial charge in [-0.15, -0.1) is 6.58 Å². The van der Waals surface area contributed by atoms with Crippen LogP contribution in [0, 0.1) is 0 Å². The van der Waals surface area contributed by atoms with E-state index < -0.39 is 18.0 Å². The Hall–Kier alpha value is -2.30. The summed E-state index contributed by atoms with van der Waals surface area (Å²) in [5.74, 6) is -1.07. The van der Waals surface area contributed by atoms with Crippen molar-refractivity contribution in [3.63, 3.8) is 0 Å². The molecule has 5 nitrogen and oxygen atoms in total. The maximum Gasteiger partial charge on any atom is 0.326 e. The van der Waals surface area contributed by atoms with Gasteiger partial charge in [-0.05, 0) is 24.8 Å². The van der Waals surface area contributed by atoms with Crippen molar-refractivity contribution in [1.82, 2.24) is 10.6 Å². The number of rotatable bonds is 8. The quantitative estimate of drug-likeness (QED) is 0.501. The van der Waals surface area contributed by atoms with Gasteiger partial charge in [0.1, 0.15) is 6.04 Å². The van der Waals surface area contributed by atoms with Gasteiger partial charge in [-0.25, -0.2) is 9.59 Å². The van der Waals surface area contributed by atoms with E-state index in [1.165, 1.54) is 11.6 Å². The second kappa shape index (κ2) is 8.74. The van der Waals surface area contributed by atoms with Crippen LogP contribution in [0.2, 0.25) is 0 Å². The lowest BCUT2D eigenvalue weighted by atomic mass is 10.1. The van der Waals surface area contributed by atoms with Crippen LogP contribution in [0.1, 0.15) is 18.4 Å². The summed E-state index contributed by atoms with van der Waals surface area (Å²) in [6.45, 7) is 3.97. The monoisotopic (exact) mass is 276 g/mol. The van der Waals surface area contributed by atoms with Crippen LogP contribution in [0.5, 0.6) is 0 Å². The third-order valence-corrected chi connectivity index (χ3v) is 2.78. The fourth-order valence-electron chi connectivity index (χ4n) is 1.74. The molecular formula is C15H20N2O3. The fourth-order valence-corrected chi connectivity index (χ4v) is 1.74. The highest BCUT2D eigenvalue weighted by Gasteiger charge is 2.17. The summed E-state index contributed by atoms with van der Waals surface area (Å²) in [6.07, 6.45) is 3.34. The van der Waals surface area contributed by atoms with E-state index in [4.69, 9.17) is 5.11 Å². The molecule has 0 aliphatic rings. The molecule has 1 aromatic rings. The molecule has 0 heterocycles. The van der Waals surface area contributed by atoms with Crippen molar-refractivity contribution in [2.75, 3.05) is 6.54 Å². The van der Waals surface area contributed by atoms with Crippen molar-refractivity contribution in [2.24, 2.45) is 0 Å². The topological polar surface area (TPSA) is 78.4 Å². The summed E-state index contributed by atoms with van der Waals surface area (Å²) in [6, 6.07) is 8.58. The largest absolute Gasteiger partial charge is 0.480 e. The van der Waals surface area contributed by atoms with Gasteiger partial charge < -0.3 is 15.7 Å². The van der Waals surface area contributed by atoms with Crippen LogP contribution >= 0.6 is 0 Å². The number of carbonyl (C=O) groups excluding carboxylic acids is 1. The Kier molecular flexibility index (Phi) is 6.89. The average Bonchev–Trinajstić information content (AvgIpc) is 2.44.